The number of aliphatic carboxylic acids is 1. The molecule has 2 rings (SSSR count). The number of carbonyl (C=O) groups excluding carboxylic acids is 1. The SMILES string of the molecule is CC(C)n1cc(C(=O)C=Cc2ccccc2OCCC(=O)O)cn1. The van der Waals surface area contributed by atoms with Crippen molar-refractivity contribution in [1.82, 2.24) is 9.78 Å². The normalized spacial score (nSPS) is 11.1. The lowest BCUT2D eigenvalue weighted by molar-refractivity contribution is -0.137. The minimum Gasteiger partial charge on any atom is -0.492 e. The molecule has 0 fully saturated rings. The highest BCUT2D eigenvalue weighted by Gasteiger charge is 2.08. The lowest BCUT2D eigenvalue weighted by Crippen LogP contribution is -2.05. The van der Waals surface area contributed by atoms with Crippen molar-refractivity contribution in [3.63, 3.8) is 0 Å². The predicted molar refractivity (Wildman–Crippen MR) is 90.2 cm³/mol. The van der Waals surface area contributed by atoms with Crippen molar-refractivity contribution < 1.29 is 19.4 Å². The molecule has 2 aromatic rings. The maximum Gasteiger partial charge on any atom is 0.306 e. The number of carbonyl (C=O) groups is 2. The smallest absolute Gasteiger partial charge is 0.306 e. The molecule has 0 saturated heterocycles. The first-order chi connectivity index (χ1) is 11.5. The van der Waals surface area contributed by atoms with Gasteiger partial charge in [0.05, 0.1) is 24.8 Å². The Morgan fingerprint density at radius 3 is 2.75 bits per heavy atom. The Labute approximate surface area is 140 Å². The zero-order valence-electron chi connectivity index (χ0n) is 13.7. The van der Waals surface area contributed by atoms with Crippen LogP contribution >= 0.6 is 0 Å². The molecule has 126 valence electrons. The van der Waals surface area contributed by atoms with Crippen LogP contribution in [0, 0.1) is 0 Å². The molecule has 0 radical (unpaired) electrons. The number of ether oxygens (including phenoxy) is 1. The van der Waals surface area contributed by atoms with Gasteiger partial charge in [-0.15, -0.1) is 0 Å². The van der Waals surface area contributed by atoms with Crippen LogP contribution in [-0.4, -0.2) is 33.2 Å². The van der Waals surface area contributed by atoms with Crippen molar-refractivity contribution in [3.05, 3.63) is 53.9 Å². The maximum absolute atomic E-state index is 12.2. The fourth-order valence-corrected chi connectivity index (χ4v) is 2.01. The molecule has 1 N–H and O–H groups in total. The van der Waals surface area contributed by atoms with E-state index in [1.165, 1.54) is 6.08 Å². The largest absolute Gasteiger partial charge is 0.492 e. The fourth-order valence-electron chi connectivity index (χ4n) is 2.01. The summed E-state index contributed by atoms with van der Waals surface area (Å²) in [7, 11) is 0. The first-order valence-electron chi connectivity index (χ1n) is 7.67. The Bertz CT molecular complexity index is 747. The molecule has 6 heteroatoms. The lowest BCUT2D eigenvalue weighted by atomic mass is 10.1. The van der Waals surface area contributed by atoms with Crippen molar-refractivity contribution >= 4 is 17.8 Å². The summed E-state index contributed by atoms with van der Waals surface area (Å²) in [5.74, 6) is -0.525. The predicted octanol–water partition coefficient (Wildman–Crippen LogP) is 3.21. The second kappa shape index (κ2) is 8.10. The number of para-hydroxylation sites is 1. The molecule has 0 aliphatic heterocycles. The van der Waals surface area contributed by atoms with E-state index in [9.17, 15) is 9.59 Å². The summed E-state index contributed by atoms with van der Waals surface area (Å²) in [6.45, 7) is 4.05. The van der Waals surface area contributed by atoms with Crippen molar-refractivity contribution in [2.75, 3.05) is 6.61 Å². The van der Waals surface area contributed by atoms with E-state index in [4.69, 9.17) is 9.84 Å². The van der Waals surface area contributed by atoms with E-state index in [-0.39, 0.29) is 24.9 Å². The van der Waals surface area contributed by atoms with Gasteiger partial charge in [-0.3, -0.25) is 14.3 Å². The third kappa shape index (κ3) is 4.81. The zero-order valence-corrected chi connectivity index (χ0v) is 13.7. The van der Waals surface area contributed by atoms with Gasteiger partial charge in [-0.1, -0.05) is 18.2 Å². The van der Waals surface area contributed by atoms with Crippen molar-refractivity contribution in [1.29, 1.82) is 0 Å². The summed E-state index contributed by atoms with van der Waals surface area (Å²) < 4.78 is 7.19. The molecule has 0 aliphatic carbocycles. The van der Waals surface area contributed by atoms with Gasteiger partial charge in [0.2, 0.25) is 0 Å². The number of hydrogen-bond acceptors (Lipinski definition) is 4. The second-order valence-corrected chi connectivity index (χ2v) is 5.53. The van der Waals surface area contributed by atoms with E-state index < -0.39 is 5.97 Å². The Morgan fingerprint density at radius 1 is 1.33 bits per heavy atom. The molecule has 0 atom stereocenters. The summed E-state index contributed by atoms with van der Waals surface area (Å²) >= 11 is 0. The molecule has 0 spiro atoms. The molecule has 0 aliphatic rings. The Balaban J connectivity index is 2.07. The Kier molecular flexibility index (Phi) is 5.89. The van der Waals surface area contributed by atoms with Crippen LogP contribution in [0.2, 0.25) is 0 Å². The van der Waals surface area contributed by atoms with Crippen LogP contribution in [0.1, 0.15) is 42.2 Å². The number of allylic oxidation sites excluding steroid dienone is 1. The molecule has 0 saturated carbocycles. The van der Waals surface area contributed by atoms with Crippen LogP contribution in [0.4, 0.5) is 0 Å². The van der Waals surface area contributed by atoms with E-state index in [0.717, 1.165) is 0 Å². The number of nitrogens with zero attached hydrogens (tertiary/aromatic N) is 2. The van der Waals surface area contributed by atoms with Gasteiger partial charge < -0.3 is 9.84 Å². The molecule has 1 aromatic heterocycles. The first-order valence-corrected chi connectivity index (χ1v) is 7.67. The zero-order chi connectivity index (χ0) is 17.5. The van der Waals surface area contributed by atoms with E-state index >= 15 is 0 Å². The van der Waals surface area contributed by atoms with Gasteiger partial charge in [0.1, 0.15) is 5.75 Å². The number of carboxylic acid groups (broad SMARTS) is 1. The van der Waals surface area contributed by atoms with Crippen LogP contribution in [-0.2, 0) is 4.79 Å². The van der Waals surface area contributed by atoms with E-state index in [0.29, 0.717) is 16.9 Å². The molecule has 0 bridgehead atoms. The number of aromatic nitrogens is 2. The minimum atomic E-state index is -0.916. The summed E-state index contributed by atoms with van der Waals surface area (Å²) in [6, 6.07) is 7.35. The molecular formula is C18H20N2O4. The van der Waals surface area contributed by atoms with Gasteiger partial charge in [-0.2, -0.15) is 5.10 Å². The van der Waals surface area contributed by atoms with Gasteiger partial charge in [-0.25, -0.2) is 0 Å². The third-order valence-corrected chi connectivity index (χ3v) is 3.32. The molecule has 1 heterocycles. The van der Waals surface area contributed by atoms with Crippen LogP contribution in [0.3, 0.4) is 0 Å². The van der Waals surface area contributed by atoms with E-state index in [2.05, 4.69) is 5.10 Å². The molecule has 0 amide bonds. The monoisotopic (exact) mass is 328 g/mol. The highest BCUT2D eigenvalue weighted by Crippen LogP contribution is 2.20. The average Bonchev–Trinajstić information content (AvgIpc) is 3.03. The molecule has 24 heavy (non-hydrogen) atoms. The lowest BCUT2D eigenvalue weighted by Gasteiger charge is -2.07. The van der Waals surface area contributed by atoms with Crippen LogP contribution in [0.15, 0.2) is 42.7 Å². The number of benzene rings is 1. The summed E-state index contributed by atoms with van der Waals surface area (Å²) in [5.41, 5.74) is 1.23. The highest BCUT2D eigenvalue weighted by molar-refractivity contribution is 6.06. The summed E-state index contributed by atoms with van der Waals surface area (Å²) in [6.07, 6.45) is 6.30. The molecule has 0 unspecified atom stereocenters. The Morgan fingerprint density at radius 2 is 2.08 bits per heavy atom. The second-order valence-electron chi connectivity index (χ2n) is 5.53. The van der Waals surface area contributed by atoms with Crippen LogP contribution in [0.25, 0.3) is 6.08 Å². The van der Waals surface area contributed by atoms with Crippen molar-refractivity contribution in [2.24, 2.45) is 0 Å². The summed E-state index contributed by atoms with van der Waals surface area (Å²) in [4.78, 5) is 22.8. The van der Waals surface area contributed by atoms with Gasteiger partial charge in [0.15, 0.2) is 5.78 Å². The third-order valence-electron chi connectivity index (χ3n) is 3.32. The number of rotatable bonds is 8. The average molecular weight is 328 g/mol. The van der Waals surface area contributed by atoms with Crippen LogP contribution < -0.4 is 4.74 Å². The van der Waals surface area contributed by atoms with Crippen LogP contribution in [0.5, 0.6) is 5.75 Å². The molecule has 6 nitrogen and oxygen atoms in total. The van der Waals surface area contributed by atoms with E-state index in [1.54, 1.807) is 41.4 Å². The Hall–Kier alpha value is -2.89. The maximum atomic E-state index is 12.2. The quantitative estimate of drug-likeness (QED) is 0.594. The fraction of sp³-hybridized carbons (Fsp3) is 0.278. The van der Waals surface area contributed by atoms with E-state index in [1.807, 2.05) is 19.9 Å². The molecular weight excluding hydrogens is 308 g/mol. The van der Waals surface area contributed by atoms with Gasteiger partial charge >= 0.3 is 5.97 Å². The summed E-state index contributed by atoms with van der Waals surface area (Å²) in [5, 5.41) is 12.8. The van der Waals surface area contributed by atoms with Crippen molar-refractivity contribution in [2.45, 2.75) is 26.3 Å². The van der Waals surface area contributed by atoms with Gasteiger partial charge in [0.25, 0.3) is 0 Å². The van der Waals surface area contributed by atoms with Crippen molar-refractivity contribution in [3.8, 4) is 5.75 Å². The minimum absolute atomic E-state index is 0.0780. The van der Waals surface area contributed by atoms with Gasteiger partial charge in [0, 0.05) is 17.8 Å². The van der Waals surface area contributed by atoms with Gasteiger partial charge in [-0.05, 0) is 32.1 Å². The highest BCUT2D eigenvalue weighted by atomic mass is 16.5. The topological polar surface area (TPSA) is 81.4 Å². The molecule has 1 aromatic carbocycles. The number of ketones is 1. The first kappa shape index (κ1) is 17.5. The number of hydrogen-bond donors (Lipinski definition) is 1. The standard InChI is InChI=1S/C18H20N2O4/c1-13(2)20-12-15(11-19-20)16(21)8-7-14-5-3-4-6-17(14)24-10-9-18(22)23/h3-8,11-13H,9-10H2,1-2H3,(H,22,23). The number of carboxylic acids is 1.